The largest absolute Gasteiger partial charge is 0.394 e. The van der Waals surface area contributed by atoms with Gasteiger partial charge in [-0.1, -0.05) is 11.6 Å². The molecule has 0 bridgehead atoms. The Morgan fingerprint density at radius 2 is 1.64 bits per heavy atom. The average molecular weight is 497 g/mol. The third kappa shape index (κ3) is 5.36. The minimum Gasteiger partial charge on any atom is -0.394 e. The summed E-state index contributed by atoms with van der Waals surface area (Å²) >= 11 is 5.77. The molecule has 3 rings (SSSR count). The molecule has 33 heavy (non-hydrogen) atoms. The third-order valence-corrected chi connectivity index (χ3v) is 5.78. The summed E-state index contributed by atoms with van der Waals surface area (Å²) in [6, 6.07) is 3.72. The SMILES string of the molecule is O=[N+]([O-])c1cc(N[C@@H]2O[C@@H](CO)[C@@H](O[C@H]3O[C@@H](CO)[C@@H](O)[C@@H](O)[C@H]3O)[C@@H](O)[C@@H]2O)ccc1Cl. The van der Waals surface area contributed by atoms with E-state index in [1.807, 2.05) is 0 Å². The molecule has 14 nitrogen and oxygen atoms in total. The Hall–Kier alpha value is -1.69. The van der Waals surface area contributed by atoms with Crippen LogP contribution in [0.2, 0.25) is 5.02 Å². The molecule has 0 saturated carbocycles. The lowest BCUT2D eigenvalue weighted by atomic mass is 9.96. The van der Waals surface area contributed by atoms with Crippen molar-refractivity contribution in [2.24, 2.45) is 0 Å². The van der Waals surface area contributed by atoms with E-state index in [2.05, 4.69) is 5.32 Å². The molecule has 2 heterocycles. The molecular weight excluding hydrogens is 472 g/mol. The number of hydrogen-bond acceptors (Lipinski definition) is 13. The maximum Gasteiger partial charge on any atom is 0.289 e. The van der Waals surface area contributed by atoms with Gasteiger partial charge in [0.25, 0.3) is 5.69 Å². The molecule has 0 radical (unpaired) electrons. The summed E-state index contributed by atoms with van der Waals surface area (Å²) in [5.41, 5.74) is -0.276. The van der Waals surface area contributed by atoms with Crippen molar-refractivity contribution in [1.29, 1.82) is 0 Å². The highest BCUT2D eigenvalue weighted by Gasteiger charge is 2.50. The van der Waals surface area contributed by atoms with Crippen molar-refractivity contribution in [3.63, 3.8) is 0 Å². The number of rotatable bonds is 7. The summed E-state index contributed by atoms with van der Waals surface area (Å²) in [5, 5.41) is 83.6. The highest BCUT2D eigenvalue weighted by Crippen LogP contribution is 2.32. The van der Waals surface area contributed by atoms with Crippen molar-refractivity contribution in [2.45, 2.75) is 61.3 Å². The first kappa shape index (κ1) is 25.9. The molecule has 0 aromatic heterocycles. The molecule has 2 aliphatic rings. The fourth-order valence-corrected chi connectivity index (χ4v) is 3.80. The number of halogens is 1. The molecule has 0 unspecified atom stereocenters. The molecule has 0 aliphatic carbocycles. The molecule has 0 spiro atoms. The lowest BCUT2D eigenvalue weighted by molar-refractivity contribution is -0.384. The van der Waals surface area contributed by atoms with Crippen molar-refractivity contribution < 1.29 is 54.9 Å². The summed E-state index contributed by atoms with van der Waals surface area (Å²) in [5.74, 6) is 0. The molecule has 8 N–H and O–H groups in total. The number of aliphatic hydroxyl groups is 7. The predicted molar refractivity (Wildman–Crippen MR) is 108 cm³/mol. The Morgan fingerprint density at radius 3 is 2.24 bits per heavy atom. The lowest BCUT2D eigenvalue weighted by Crippen LogP contribution is -2.65. The molecule has 1 aromatic rings. The molecule has 186 valence electrons. The second kappa shape index (κ2) is 10.7. The van der Waals surface area contributed by atoms with Crippen LogP contribution in [-0.4, -0.2) is 115 Å². The van der Waals surface area contributed by atoms with Gasteiger partial charge in [0.15, 0.2) is 12.5 Å². The van der Waals surface area contributed by atoms with Gasteiger partial charge in [0.1, 0.15) is 53.9 Å². The van der Waals surface area contributed by atoms with Crippen molar-refractivity contribution in [3.8, 4) is 0 Å². The minimum absolute atomic E-state index is 0.114. The number of nitrogens with one attached hydrogen (secondary N) is 1. The highest BCUT2D eigenvalue weighted by atomic mass is 35.5. The van der Waals surface area contributed by atoms with E-state index in [9.17, 15) is 45.9 Å². The van der Waals surface area contributed by atoms with Crippen molar-refractivity contribution >= 4 is 23.0 Å². The van der Waals surface area contributed by atoms with E-state index < -0.39 is 85.2 Å². The van der Waals surface area contributed by atoms with Gasteiger partial charge < -0.3 is 55.3 Å². The summed E-state index contributed by atoms with van der Waals surface area (Å²) in [4.78, 5) is 10.4. The number of aliphatic hydroxyl groups excluding tert-OH is 7. The first-order chi connectivity index (χ1) is 15.6. The van der Waals surface area contributed by atoms with E-state index in [1.165, 1.54) is 12.1 Å². The van der Waals surface area contributed by atoms with Crippen LogP contribution in [0.3, 0.4) is 0 Å². The van der Waals surface area contributed by atoms with E-state index in [4.69, 9.17) is 25.8 Å². The van der Waals surface area contributed by atoms with Crippen LogP contribution in [0.1, 0.15) is 0 Å². The lowest BCUT2D eigenvalue weighted by Gasteiger charge is -2.46. The maximum absolute atomic E-state index is 11.1. The Labute approximate surface area is 191 Å². The summed E-state index contributed by atoms with van der Waals surface area (Å²) in [6.45, 7) is -1.43. The third-order valence-electron chi connectivity index (χ3n) is 5.46. The van der Waals surface area contributed by atoms with Gasteiger partial charge in [-0.05, 0) is 12.1 Å². The highest BCUT2D eigenvalue weighted by molar-refractivity contribution is 6.32. The molecule has 2 fully saturated rings. The van der Waals surface area contributed by atoms with Gasteiger partial charge in [-0.25, -0.2) is 0 Å². The van der Waals surface area contributed by atoms with Gasteiger partial charge in [-0.15, -0.1) is 0 Å². The summed E-state index contributed by atoms with van der Waals surface area (Å²) in [6.07, 6.45) is -15.6. The molecule has 2 aliphatic heterocycles. The van der Waals surface area contributed by atoms with E-state index >= 15 is 0 Å². The zero-order valence-corrected chi connectivity index (χ0v) is 17.7. The zero-order valence-electron chi connectivity index (χ0n) is 16.9. The fourth-order valence-electron chi connectivity index (χ4n) is 3.62. The van der Waals surface area contributed by atoms with Gasteiger partial charge in [-0.2, -0.15) is 0 Å². The van der Waals surface area contributed by atoms with E-state index in [-0.39, 0.29) is 10.7 Å². The summed E-state index contributed by atoms with van der Waals surface area (Å²) in [7, 11) is 0. The Bertz CT molecular complexity index is 830. The normalized spacial score (nSPS) is 39.3. The molecular formula is C18H25ClN2O12. The Kier molecular flexibility index (Phi) is 8.41. The first-order valence-electron chi connectivity index (χ1n) is 9.88. The number of hydrogen-bond donors (Lipinski definition) is 8. The monoisotopic (exact) mass is 496 g/mol. The number of benzene rings is 1. The average Bonchev–Trinajstić information content (AvgIpc) is 2.79. The minimum atomic E-state index is -1.78. The number of nitro groups is 1. The van der Waals surface area contributed by atoms with Crippen LogP contribution in [-0.2, 0) is 14.2 Å². The number of anilines is 1. The second-order valence-corrected chi connectivity index (χ2v) is 8.03. The zero-order chi connectivity index (χ0) is 24.4. The molecule has 1 aromatic carbocycles. The van der Waals surface area contributed by atoms with Gasteiger partial charge in [0, 0.05) is 11.8 Å². The molecule has 10 atom stereocenters. The Morgan fingerprint density at radius 1 is 0.970 bits per heavy atom. The van der Waals surface area contributed by atoms with Crippen LogP contribution in [0.5, 0.6) is 0 Å². The van der Waals surface area contributed by atoms with Crippen LogP contribution >= 0.6 is 11.6 Å². The standard InChI is InChI=1S/C18H25ClN2O12/c19-7-2-1-6(3-8(7)21(29)30)20-17-14(27)13(26)16(10(5-23)31-17)33-18-15(28)12(25)11(24)9(4-22)32-18/h1-3,9-18,20,22-28H,4-5H2/t9-,10-,11+,12+,13-,14-,15+,16+,17+,18+/m0/s1. The molecule has 15 heteroatoms. The van der Waals surface area contributed by atoms with Crippen molar-refractivity contribution in [3.05, 3.63) is 33.3 Å². The first-order valence-corrected chi connectivity index (χ1v) is 10.3. The van der Waals surface area contributed by atoms with Crippen LogP contribution < -0.4 is 5.32 Å². The van der Waals surface area contributed by atoms with Crippen LogP contribution in [0.4, 0.5) is 11.4 Å². The van der Waals surface area contributed by atoms with Crippen molar-refractivity contribution in [1.82, 2.24) is 0 Å². The summed E-state index contributed by atoms with van der Waals surface area (Å²) < 4.78 is 16.2. The number of nitrogens with zero attached hydrogens (tertiary/aromatic N) is 1. The van der Waals surface area contributed by atoms with Crippen LogP contribution in [0.25, 0.3) is 0 Å². The quantitative estimate of drug-likeness (QED) is 0.142. The van der Waals surface area contributed by atoms with Crippen LogP contribution in [0, 0.1) is 10.1 Å². The number of nitro benzene ring substituents is 1. The predicted octanol–water partition coefficient (Wildman–Crippen LogP) is -2.72. The van der Waals surface area contributed by atoms with E-state index in [0.29, 0.717) is 0 Å². The number of ether oxygens (including phenoxy) is 3. The second-order valence-electron chi connectivity index (χ2n) is 7.62. The smallest absolute Gasteiger partial charge is 0.289 e. The van der Waals surface area contributed by atoms with Gasteiger partial charge in [-0.3, -0.25) is 10.1 Å². The van der Waals surface area contributed by atoms with Gasteiger partial charge >= 0.3 is 0 Å². The fraction of sp³-hybridized carbons (Fsp3) is 0.667. The topological polar surface area (TPSA) is 224 Å². The Balaban J connectivity index is 1.74. The van der Waals surface area contributed by atoms with E-state index in [0.717, 1.165) is 6.07 Å². The van der Waals surface area contributed by atoms with E-state index in [1.54, 1.807) is 0 Å². The van der Waals surface area contributed by atoms with Crippen molar-refractivity contribution in [2.75, 3.05) is 18.5 Å². The van der Waals surface area contributed by atoms with Crippen LogP contribution in [0.15, 0.2) is 18.2 Å². The molecule has 0 amide bonds. The molecule has 2 saturated heterocycles. The maximum atomic E-state index is 11.1. The van der Waals surface area contributed by atoms with Gasteiger partial charge in [0.05, 0.1) is 18.1 Å². The van der Waals surface area contributed by atoms with Gasteiger partial charge in [0.2, 0.25) is 0 Å².